The molecule has 0 unspecified atom stereocenters. The summed E-state index contributed by atoms with van der Waals surface area (Å²) in [6.07, 6.45) is -3.05. The second kappa shape index (κ2) is 7.51. The Morgan fingerprint density at radius 2 is 2.14 bits per heavy atom. The van der Waals surface area contributed by atoms with E-state index in [-0.39, 0.29) is 30.0 Å². The SMILES string of the molecule is Cl.O=C(Nc1cccc(OC(F)(F)F)c1)[C@@H]1CCCNC1. The van der Waals surface area contributed by atoms with Gasteiger partial charge in [0.1, 0.15) is 5.75 Å². The highest BCUT2D eigenvalue weighted by Crippen LogP contribution is 2.25. The van der Waals surface area contributed by atoms with Gasteiger partial charge in [-0.1, -0.05) is 6.07 Å². The minimum atomic E-state index is -4.74. The van der Waals surface area contributed by atoms with Gasteiger partial charge < -0.3 is 15.4 Å². The highest BCUT2D eigenvalue weighted by atomic mass is 35.5. The molecule has 1 aromatic rings. The lowest BCUT2D eigenvalue weighted by Gasteiger charge is -2.22. The first-order chi connectivity index (χ1) is 9.44. The van der Waals surface area contributed by atoms with Crippen LogP contribution in [0.3, 0.4) is 0 Å². The first kappa shape index (κ1) is 17.6. The molecule has 21 heavy (non-hydrogen) atoms. The van der Waals surface area contributed by atoms with Crippen LogP contribution in [0.15, 0.2) is 24.3 Å². The van der Waals surface area contributed by atoms with Gasteiger partial charge in [-0.2, -0.15) is 0 Å². The van der Waals surface area contributed by atoms with Gasteiger partial charge in [0.2, 0.25) is 5.91 Å². The van der Waals surface area contributed by atoms with E-state index in [4.69, 9.17) is 0 Å². The molecule has 0 saturated carbocycles. The van der Waals surface area contributed by atoms with E-state index in [2.05, 4.69) is 15.4 Å². The number of amides is 1. The van der Waals surface area contributed by atoms with Crippen molar-refractivity contribution in [1.82, 2.24) is 5.32 Å². The molecule has 2 N–H and O–H groups in total. The van der Waals surface area contributed by atoms with Crippen molar-refractivity contribution in [2.75, 3.05) is 18.4 Å². The van der Waals surface area contributed by atoms with E-state index in [1.165, 1.54) is 18.2 Å². The summed E-state index contributed by atoms with van der Waals surface area (Å²) in [5.41, 5.74) is 0.294. The molecular weight excluding hydrogens is 309 g/mol. The Bertz CT molecular complexity index is 477. The molecular formula is C13H16ClF3N2O2. The number of benzene rings is 1. The molecule has 1 aliphatic rings. The van der Waals surface area contributed by atoms with Gasteiger partial charge in [-0.05, 0) is 31.5 Å². The molecule has 4 nitrogen and oxygen atoms in total. The third-order valence-corrected chi connectivity index (χ3v) is 3.00. The molecule has 1 aromatic carbocycles. The third-order valence-electron chi connectivity index (χ3n) is 3.00. The second-order valence-electron chi connectivity index (χ2n) is 4.61. The molecule has 0 spiro atoms. The smallest absolute Gasteiger partial charge is 0.406 e. The Morgan fingerprint density at radius 3 is 2.76 bits per heavy atom. The fraction of sp³-hybridized carbons (Fsp3) is 0.462. The summed E-state index contributed by atoms with van der Waals surface area (Å²) in [6.45, 7) is 1.48. The maximum atomic E-state index is 12.1. The molecule has 8 heteroatoms. The Kier molecular flexibility index (Phi) is 6.29. The molecule has 1 amide bonds. The number of halogens is 4. The predicted molar refractivity (Wildman–Crippen MR) is 74.6 cm³/mol. The van der Waals surface area contributed by atoms with Crippen LogP contribution < -0.4 is 15.4 Å². The monoisotopic (exact) mass is 324 g/mol. The number of anilines is 1. The fourth-order valence-corrected chi connectivity index (χ4v) is 2.09. The number of piperidine rings is 1. The van der Waals surface area contributed by atoms with Crippen molar-refractivity contribution in [2.45, 2.75) is 19.2 Å². The van der Waals surface area contributed by atoms with Crippen molar-refractivity contribution in [3.05, 3.63) is 24.3 Å². The minimum absolute atomic E-state index is 0. The third kappa shape index (κ3) is 5.81. The Balaban J connectivity index is 0.00000220. The Labute approximate surface area is 126 Å². The van der Waals surface area contributed by atoms with E-state index in [0.29, 0.717) is 12.2 Å². The van der Waals surface area contributed by atoms with Crippen LogP contribution in [0.25, 0.3) is 0 Å². The van der Waals surface area contributed by atoms with Crippen LogP contribution in [-0.2, 0) is 4.79 Å². The summed E-state index contributed by atoms with van der Waals surface area (Å²) in [6, 6.07) is 5.26. The van der Waals surface area contributed by atoms with E-state index >= 15 is 0 Å². The zero-order valence-corrected chi connectivity index (χ0v) is 11.9. The summed E-state index contributed by atoms with van der Waals surface area (Å²) in [5, 5.41) is 5.72. The molecule has 0 bridgehead atoms. The standard InChI is InChI=1S/C13H15F3N2O2.ClH/c14-13(15,16)20-11-5-1-4-10(7-11)18-12(19)9-3-2-6-17-8-9;/h1,4-5,7,9,17H,2-3,6,8H2,(H,18,19);1H/t9-;/m1./s1. The Morgan fingerprint density at radius 1 is 1.38 bits per heavy atom. The van der Waals surface area contributed by atoms with Crippen molar-refractivity contribution >= 4 is 24.0 Å². The van der Waals surface area contributed by atoms with Crippen LogP contribution in [0.2, 0.25) is 0 Å². The molecule has 1 saturated heterocycles. The topological polar surface area (TPSA) is 50.4 Å². The van der Waals surface area contributed by atoms with Crippen LogP contribution in [-0.4, -0.2) is 25.4 Å². The summed E-state index contributed by atoms with van der Waals surface area (Å²) in [7, 11) is 0. The number of nitrogens with one attached hydrogen (secondary N) is 2. The van der Waals surface area contributed by atoms with Crippen molar-refractivity contribution in [2.24, 2.45) is 5.92 Å². The lowest BCUT2D eigenvalue weighted by atomic mass is 9.99. The number of carbonyl (C=O) groups is 1. The van der Waals surface area contributed by atoms with E-state index < -0.39 is 6.36 Å². The minimum Gasteiger partial charge on any atom is -0.406 e. The van der Waals surface area contributed by atoms with Gasteiger partial charge in [0.25, 0.3) is 0 Å². The number of rotatable bonds is 3. The van der Waals surface area contributed by atoms with Crippen molar-refractivity contribution in [1.29, 1.82) is 0 Å². The highest BCUT2D eigenvalue weighted by Gasteiger charge is 2.31. The van der Waals surface area contributed by atoms with Crippen molar-refractivity contribution < 1.29 is 22.7 Å². The van der Waals surface area contributed by atoms with Crippen LogP contribution in [0.1, 0.15) is 12.8 Å². The van der Waals surface area contributed by atoms with Crippen LogP contribution >= 0.6 is 12.4 Å². The first-order valence-electron chi connectivity index (χ1n) is 6.31. The van der Waals surface area contributed by atoms with Crippen molar-refractivity contribution in [3.63, 3.8) is 0 Å². The van der Waals surface area contributed by atoms with Gasteiger partial charge >= 0.3 is 6.36 Å². The molecule has 1 fully saturated rings. The van der Waals surface area contributed by atoms with E-state index in [0.717, 1.165) is 25.5 Å². The van der Waals surface area contributed by atoms with Crippen LogP contribution in [0, 0.1) is 5.92 Å². The lowest BCUT2D eigenvalue weighted by Crippen LogP contribution is -2.37. The predicted octanol–water partition coefficient (Wildman–Crippen LogP) is 2.95. The molecule has 118 valence electrons. The van der Waals surface area contributed by atoms with Gasteiger partial charge in [-0.3, -0.25) is 4.79 Å². The van der Waals surface area contributed by atoms with E-state index in [9.17, 15) is 18.0 Å². The van der Waals surface area contributed by atoms with Crippen molar-refractivity contribution in [3.8, 4) is 5.75 Å². The second-order valence-corrected chi connectivity index (χ2v) is 4.61. The zero-order chi connectivity index (χ0) is 14.6. The normalized spacial score (nSPS) is 18.5. The summed E-state index contributed by atoms with van der Waals surface area (Å²) in [4.78, 5) is 11.9. The quantitative estimate of drug-likeness (QED) is 0.899. The fourth-order valence-electron chi connectivity index (χ4n) is 2.09. The highest BCUT2D eigenvalue weighted by molar-refractivity contribution is 5.92. The molecule has 0 aliphatic carbocycles. The molecule has 2 rings (SSSR count). The van der Waals surface area contributed by atoms with Gasteiger partial charge in [-0.25, -0.2) is 0 Å². The number of hydrogen-bond donors (Lipinski definition) is 2. The van der Waals surface area contributed by atoms with E-state index in [1.54, 1.807) is 0 Å². The molecule has 1 heterocycles. The van der Waals surface area contributed by atoms with Gasteiger partial charge in [0, 0.05) is 18.3 Å². The van der Waals surface area contributed by atoms with Gasteiger partial charge in [0.05, 0.1) is 5.92 Å². The summed E-state index contributed by atoms with van der Waals surface area (Å²) in [5.74, 6) is -0.700. The van der Waals surface area contributed by atoms with Gasteiger partial charge in [0.15, 0.2) is 0 Å². The Hall–Kier alpha value is -1.47. The summed E-state index contributed by atoms with van der Waals surface area (Å²) >= 11 is 0. The number of carbonyl (C=O) groups excluding carboxylic acids is 1. The first-order valence-corrected chi connectivity index (χ1v) is 6.31. The van der Waals surface area contributed by atoms with Gasteiger partial charge in [-0.15, -0.1) is 25.6 Å². The number of ether oxygens (including phenoxy) is 1. The molecule has 0 radical (unpaired) electrons. The molecule has 0 aromatic heterocycles. The maximum Gasteiger partial charge on any atom is 0.573 e. The number of alkyl halides is 3. The molecule has 1 aliphatic heterocycles. The summed E-state index contributed by atoms with van der Waals surface area (Å²) < 4.78 is 40.1. The maximum absolute atomic E-state index is 12.1. The van der Waals surface area contributed by atoms with Crippen LogP contribution in [0.5, 0.6) is 5.75 Å². The number of hydrogen-bond acceptors (Lipinski definition) is 3. The average molecular weight is 325 g/mol. The lowest BCUT2D eigenvalue weighted by molar-refractivity contribution is -0.274. The van der Waals surface area contributed by atoms with E-state index in [1.807, 2.05) is 0 Å². The zero-order valence-electron chi connectivity index (χ0n) is 11.1. The largest absolute Gasteiger partial charge is 0.573 e. The molecule has 1 atom stereocenters. The average Bonchev–Trinajstić information content (AvgIpc) is 2.38. The van der Waals surface area contributed by atoms with Crippen LogP contribution in [0.4, 0.5) is 18.9 Å².